The van der Waals surface area contributed by atoms with Crippen molar-refractivity contribution in [2.45, 2.75) is 64.1 Å². The van der Waals surface area contributed by atoms with Crippen LogP contribution < -0.4 is 5.32 Å². The minimum Gasteiger partial charge on any atom is -0.452 e. The lowest BCUT2D eigenvalue weighted by Crippen LogP contribution is -2.59. The number of hydrogen-bond donors (Lipinski definition) is 2. The van der Waals surface area contributed by atoms with Gasteiger partial charge >= 0.3 is 5.97 Å². The Kier molecular flexibility index (Phi) is 3.51. The molecule has 4 fully saturated rings. The maximum atomic E-state index is 12.6. The highest BCUT2D eigenvalue weighted by Gasteiger charge is 2.61. The molecule has 0 spiro atoms. The average molecular weight is 295 g/mol. The molecule has 0 aliphatic heterocycles. The normalized spacial score (nSPS) is 41.7. The zero-order valence-corrected chi connectivity index (χ0v) is 12.9. The van der Waals surface area contributed by atoms with Gasteiger partial charge in [0, 0.05) is 6.54 Å². The predicted molar refractivity (Wildman–Crippen MR) is 76.3 cm³/mol. The Hall–Kier alpha value is -1.10. The molecule has 4 aliphatic rings. The second kappa shape index (κ2) is 4.97. The molecule has 2 N–H and O–H groups in total. The summed E-state index contributed by atoms with van der Waals surface area (Å²) in [5.41, 5.74) is -1.24. The summed E-state index contributed by atoms with van der Waals surface area (Å²) in [6, 6.07) is 0. The summed E-state index contributed by atoms with van der Waals surface area (Å²) in [5, 5.41) is 13.3. The summed E-state index contributed by atoms with van der Waals surface area (Å²) in [4.78, 5) is 24.4. The molecular weight excluding hydrogens is 270 g/mol. The van der Waals surface area contributed by atoms with Gasteiger partial charge in [-0.15, -0.1) is 0 Å². The van der Waals surface area contributed by atoms with Crippen molar-refractivity contribution in [1.82, 2.24) is 5.32 Å². The van der Waals surface area contributed by atoms with E-state index >= 15 is 0 Å². The first-order chi connectivity index (χ1) is 9.86. The maximum Gasteiger partial charge on any atom is 0.312 e. The van der Waals surface area contributed by atoms with Crippen LogP contribution in [0.1, 0.15) is 52.4 Å². The summed E-state index contributed by atoms with van der Waals surface area (Å²) in [7, 11) is 0. The lowest BCUT2D eigenvalue weighted by molar-refractivity contribution is -0.199. The van der Waals surface area contributed by atoms with Gasteiger partial charge in [-0.25, -0.2) is 0 Å². The van der Waals surface area contributed by atoms with Crippen LogP contribution in [0.5, 0.6) is 0 Å². The molecule has 21 heavy (non-hydrogen) atoms. The fraction of sp³-hybridized carbons (Fsp3) is 0.875. The van der Waals surface area contributed by atoms with E-state index in [-0.39, 0.29) is 11.9 Å². The molecule has 0 radical (unpaired) electrons. The standard InChI is InChI=1S/C16H25NO4/c1-3-17-13(18)10(2)21-14(19)15-5-11-4-12(6-15)8-16(20,7-11)9-15/h10-12,20H,3-9H2,1-2H3,(H,17,18)/t10-,11-,12-,15?,16?/m1/s1. The second-order valence-corrected chi connectivity index (χ2v) is 7.41. The van der Waals surface area contributed by atoms with Crippen molar-refractivity contribution in [2.75, 3.05) is 6.54 Å². The van der Waals surface area contributed by atoms with Gasteiger partial charge in [0.25, 0.3) is 5.91 Å². The van der Waals surface area contributed by atoms with Crippen molar-refractivity contribution in [3.63, 3.8) is 0 Å². The van der Waals surface area contributed by atoms with E-state index in [1.165, 1.54) is 0 Å². The summed E-state index contributed by atoms with van der Waals surface area (Å²) in [6.45, 7) is 3.97. The smallest absolute Gasteiger partial charge is 0.312 e. The minimum absolute atomic E-state index is 0.255. The van der Waals surface area contributed by atoms with E-state index in [1.807, 2.05) is 6.92 Å². The fourth-order valence-electron chi connectivity index (χ4n) is 5.11. The number of nitrogens with one attached hydrogen (secondary N) is 1. The average Bonchev–Trinajstić information content (AvgIpc) is 2.35. The van der Waals surface area contributed by atoms with Crippen LogP contribution in [0, 0.1) is 17.3 Å². The number of carbonyl (C=O) groups is 2. The molecule has 5 heteroatoms. The third-order valence-corrected chi connectivity index (χ3v) is 5.47. The topological polar surface area (TPSA) is 75.6 Å². The summed E-state index contributed by atoms with van der Waals surface area (Å²) in [5.74, 6) is 0.329. The SMILES string of the molecule is CCNC(=O)[C@@H](C)OC(=O)C12C[C@H]3C[C@@H](CC(O)(C3)C1)C2. The molecule has 3 atom stereocenters. The number of hydrogen-bond acceptors (Lipinski definition) is 4. The Bertz CT molecular complexity index is 447. The van der Waals surface area contributed by atoms with Crippen molar-refractivity contribution >= 4 is 11.9 Å². The van der Waals surface area contributed by atoms with Gasteiger partial charge in [0.05, 0.1) is 11.0 Å². The highest BCUT2D eigenvalue weighted by atomic mass is 16.5. The summed E-state index contributed by atoms with van der Waals surface area (Å²) in [6.07, 6.45) is 4.14. The van der Waals surface area contributed by atoms with Crippen molar-refractivity contribution in [1.29, 1.82) is 0 Å². The molecule has 1 amide bonds. The molecule has 4 bridgehead atoms. The van der Waals surface area contributed by atoms with E-state index < -0.39 is 17.1 Å². The number of esters is 1. The summed E-state index contributed by atoms with van der Waals surface area (Å²) < 4.78 is 5.43. The Morgan fingerprint density at radius 1 is 1.29 bits per heavy atom. The van der Waals surface area contributed by atoms with Crippen LogP contribution in [0.3, 0.4) is 0 Å². The largest absolute Gasteiger partial charge is 0.452 e. The van der Waals surface area contributed by atoms with E-state index in [2.05, 4.69) is 5.32 Å². The minimum atomic E-state index is -0.764. The van der Waals surface area contributed by atoms with E-state index in [9.17, 15) is 14.7 Å². The number of aliphatic hydroxyl groups is 1. The summed E-state index contributed by atoms with van der Waals surface area (Å²) >= 11 is 0. The Balaban J connectivity index is 1.71. The zero-order valence-electron chi connectivity index (χ0n) is 12.9. The van der Waals surface area contributed by atoms with Crippen LogP contribution in [0.25, 0.3) is 0 Å². The lowest BCUT2D eigenvalue weighted by Gasteiger charge is -2.58. The Morgan fingerprint density at radius 2 is 1.90 bits per heavy atom. The van der Waals surface area contributed by atoms with Gasteiger partial charge in [-0.3, -0.25) is 9.59 Å². The number of ether oxygens (including phenoxy) is 1. The number of likely N-dealkylation sites (N-methyl/N-ethyl adjacent to an activating group) is 1. The molecule has 4 rings (SSSR count). The van der Waals surface area contributed by atoms with Crippen molar-refractivity contribution in [3.05, 3.63) is 0 Å². The van der Waals surface area contributed by atoms with Crippen LogP contribution >= 0.6 is 0 Å². The predicted octanol–water partition coefficient (Wildman–Crippen LogP) is 1.39. The molecule has 0 saturated heterocycles. The number of carbonyl (C=O) groups excluding carboxylic acids is 2. The monoisotopic (exact) mass is 295 g/mol. The molecule has 118 valence electrons. The van der Waals surface area contributed by atoms with Gasteiger partial charge in [-0.05, 0) is 64.2 Å². The first-order valence-electron chi connectivity index (χ1n) is 8.07. The van der Waals surface area contributed by atoms with Crippen LogP contribution in [0.15, 0.2) is 0 Å². The Labute approximate surface area is 125 Å². The lowest BCUT2D eigenvalue weighted by atomic mass is 9.48. The third-order valence-electron chi connectivity index (χ3n) is 5.47. The van der Waals surface area contributed by atoms with E-state index in [4.69, 9.17) is 4.74 Å². The van der Waals surface area contributed by atoms with Gasteiger partial charge in [0.2, 0.25) is 0 Å². The van der Waals surface area contributed by atoms with Gasteiger partial charge in [0.1, 0.15) is 0 Å². The molecule has 0 heterocycles. The second-order valence-electron chi connectivity index (χ2n) is 7.41. The molecule has 0 aromatic rings. The van der Waals surface area contributed by atoms with E-state index in [0.717, 1.165) is 32.1 Å². The fourth-order valence-corrected chi connectivity index (χ4v) is 5.11. The van der Waals surface area contributed by atoms with Crippen LogP contribution in [0.4, 0.5) is 0 Å². The van der Waals surface area contributed by atoms with Gasteiger partial charge < -0.3 is 15.2 Å². The van der Waals surface area contributed by atoms with Crippen molar-refractivity contribution in [3.8, 4) is 0 Å². The van der Waals surface area contributed by atoms with E-state index in [0.29, 0.717) is 24.8 Å². The van der Waals surface area contributed by atoms with Gasteiger partial charge in [0.15, 0.2) is 6.10 Å². The molecule has 4 saturated carbocycles. The van der Waals surface area contributed by atoms with Gasteiger partial charge in [-0.1, -0.05) is 0 Å². The number of amides is 1. The highest BCUT2D eigenvalue weighted by Crippen LogP contribution is 2.62. The van der Waals surface area contributed by atoms with Crippen molar-refractivity contribution in [2.24, 2.45) is 17.3 Å². The van der Waals surface area contributed by atoms with Crippen LogP contribution in [0.2, 0.25) is 0 Å². The highest BCUT2D eigenvalue weighted by molar-refractivity contribution is 5.85. The zero-order chi connectivity index (χ0) is 15.3. The van der Waals surface area contributed by atoms with Crippen LogP contribution in [-0.2, 0) is 14.3 Å². The molecule has 0 unspecified atom stereocenters. The molecule has 4 aliphatic carbocycles. The third kappa shape index (κ3) is 2.56. The molecule has 5 nitrogen and oxygen atoms in total. The van der Waals surface area contributed by atoms with Crippen LogP contribution in [-0.4, -0.2) is 35.2 Å². The van der Waals surface area contributed by atoms with E-state index in [1.54, 1.807) is 6.92 Å². The molecule has 0 aromatic heterocycles. The quantitative estimate of drug-likeness (QED) is 0.768. The first-order valence-corrected chi connectivity index (χ1v) is 8.07. The number of rotatable bonds is 4. The Morgan fingerprint density at radius 3 is 2.43 bits per heavy atom. The molecule has 0 aromatic carbocycles. The maximum absolute atomic E-state index is 12.6. The van der Waals surface area contributed by atoms with Gasteiger partial charge in [-0.2, -0.15) is 0 Å². The van der Waals surface area contributed by atoms with Crippen molar-refractivity contribution < 1.29 is 19.4 Å². The first kappa shape index (κ1) is 14.8. The molecular formula is C16H25NO4.